The van der Waals surface area contributed by atoms with Crippen molar-refractivity contribution in [3.05, 3.63) is 17.7 Å². The number of benzene rings is 1. The molecule has 1 amide bonds. The van der Waals surface area contributed by atoms with Gasteiger partial charge in [0.2, 0.25) is 5.91 Å². The van der Waals surface area contributed by atoms with Gasteiger partial charge in [-0.3, -0.25) is 4.79 Å². The third-order valence-electron chi connectivity index (χ3n) is 5.45. The van der Waals surface area contributed by atoms with Crippen LogP contribution in [0.3, 0.4) is 0 Å². The molecule has 0 bridgehead atoms. The summed E-state index contributed by atoms with van der Waals surface area (Å²) in [7, 11) is 4.89. The van der Waals surface area contributed by atoms with E-state index in [1.54, 1.807) is 33.1 Å². The van der Waals surface area contributed by atoms with Crippen molar-refractivity contribution in [1.82, 2.24) is 4.90 Å². The molecule has 3 rings (SSSR count). The Morgan fingerprint density at radius 2 is 1.73 bits per heavy atom. The van der Waals surface area contributed by atoms with Crippen LogP contribution < -0.4 is 14.2 Å². The van der Waals surface area contributed by atoms with E-state index in [-0.39, 0.29) is 11.3 Å². The molecule has 1 saturated carbocycles. The number of nitrogens with zero attached hydrogens (tertiary/aromatic N) is 1. The summed E-state index contributed by atoms with van der Waals surface area (Å²) in [6.45, 7) is 0.788. The molecule has 144 valence electrons. The van der Waals surface area contributed by atoms with Gasteiger partial charge in [-0.15, -0.1) is 11.8 Å². The van der Waals surface area contributed by atoms with Crippen molar-refractivity contribution in [1.29, 1.82) is 0 Å². The van der Waals surface area contributed by atoms with Crippen molar-refractivity contribution in [2.75, 3.05) is 33.6 Å². The summed E-state index contributed by atoms with van der Waals surface area (Å²) < 4.78 is 16.4. The van der Waals surface area contributed by atoms with Gasteiger partial charge in [0.15, 0.2) is 11.5 Å². The van der Waals surface area contributed by atoms with Gasteiger partial charge in [-0.05, 0) is 18.4 Å². The smallest absolute Gasteiger partial charge is 0.223 e. The van der Waals surface area contributed by atoms with E-state index in [9.17, 15) is 4.79 Å². The van der Waals surface area contributed by atoms with Gasteiger partial charge < -0.3 is 19.1 Å². The van der Waals surface area contributed by atoms with Crippen molar-refractivity contribution in [3.8, 4) is 17.2 Å². The Kier molecular flexibility index (Phi) is 6.57. The molecular weight excluding hydrogens is 350 g/mol. The van der Waals surface area contributed by atoms with Gasteiger partial charge >= 0.3 is 0 Å². The Bertz CT molecular complexity index is 630. The molecule has 1 heterocycles. The van der Waals surface area contributed by atoms with Crippen molar-refractivity contribution < 1.29 is 19.0 Å². The largest absolute Gasteiger partial charge is 0.496 e. The normalized spacial score (nSPS) is 20.4. The monoisotopic (exact) mass is 379 g/mol. The molecule has 0 N–H and O–H groups in total. The second-order valence-corrected chi connectivity index (χ2v) is 8.14. The molecule has 1 unspecified atom stereocenters. The number of carbonyl (C=O) groups is 1. The zero-order chi connectivity index (χ0) is 18.5. The minimum Gasteiger partial charge on any atom is -0.496 e. The predicted molar refractivity (Wildman–Crippen MR) is 104 cm³/mol. The summed E-state index contributed by atoms with van der Waals surface area (Å²) in [6, 6.07) is 3.78. The lowest BCUT2D eigenvalue weighted by Gasteiger charge is -2.26. The molecule has 0 radical (unpaired) electrons. The molecule has 5 nitrogen and oxygen atoms in total. The fourth-order valence-electron chi connectivity index (χ4n) is 4.00. The number of amides is 1. The van der Waals surface area contributed by atoms with Gasteiger partial charge in [0.25, 0.3) is 0 Å². The van der Waals surface area contributed by atoms with Crippen molar-refractivity contribution in [2.24, 2.45) is 5.92 Å². The molecule has 1 aromatic rings. The van der Waals surface area contributed by atoms with Gasteiger partial charge in [0, 0.05) is 30.3 Å². The van der Waals surface area contributed by atoms with E-state index >= 15 is 0 Å². The second kappa shape index (κ2) is 8.89. The Balaban J connectivity index is 1.77. The summed E-state index contributed by atoms with van der Waals surface area (Å²) in [5.74, 6) is 3.96. The molecule has 6 heteroatoms. The lowest BCUT2D eigenvalue weighted by atomic mass is 10.0. The highest BCUT2D eigenvalue weighted by Crippen LogP contribution is 2.46. The van der Waals surface area contributed by atoms with Crippen LogP contribution in [0.1, 0.15) is 49.5 Å². The highest BCUT2D eigenvalue weighted by atomic mass is 32.2. The van der Waals surface area contributed by atoms with Gasteiger partial charge in [-0.25, -0.2) is 0 Å². The summed E-state index contributed by atoms with van der Waals surface area (Å²) >= 11 is 1.78. The molecule has 1 aromatic carbocycles. The number of carbonyl (C=O) groups excluding carboxylic acids is 1. The summed E-state index contributed by atoms with van der Waals surface area (Å²) in [4.78, 5) is 14.9. The fraction of sp³-hybridized carbons (Fsp3) is 0.650. The first-order chi connectivity index (χ1) is 12.7. The van der Waals surface area contributed by atoms with E-state index < -0.39 is 0 Å². The van der Waals surface area contributed by atoms with Crippen molar-refractivity contribution in [3.63, 3.8) is 0 Å². The van der Waals surface area contributed by atoms with Crippen molar-refractivity contribution >= 4 is 17.7 Å². The third kappa shape index (κ3) is 4.05. The van der Waals surface area contributed by atoms with Crippen LogP contribution in [0, 0.1) is 5.92 Å². The minimum absolute atomic E-state index is 0.0270. The molecule has 1 aliphatic heterocycles. The third-order valence-corrected chi connectivity index (χ3v) is 6.70. The summed E-state index contributed by atoms with van der Waals surface area (Å²) in [6.07, 6.45) is 6.89. The fourth-order valence-corrected chi connectivity index (χ4v) is 5.29. The first-order valence-electron chi connectivity index (χ1n) is 9.39. The molecule has 0 spiro atoms. The molecule has 2 aliphatic rings. The van der Waals surface area contributed by atoms with Crippen LogP contribution in [0.4, 0.5) is 0 Å². The molecule has 0 aromatic heterocycles. The van der Waals surface area contributed by atoms with Gasteiger partial charge in [0.05, 0.1) is 21.3 Å². The standard InChI is InChI=1S/C20H29NO4S/c1-23-16-13-18(25-3)17(24-2)12-15(16)20-21(10-11-26-20)19(22)9-8-14-6-4-5-7-14/h12-14,20H,4-11H2,1-3H3. The van der Waals surface area contributed by atoms with Gasteiger partial charge in [-0.1, -0.05) is 25.7 Å². The number of thioether (sulfide) groups is 1. The first kappa shape index (κ1) is 19.2. The van der Waals surface area contributed by atoms with Gasteiger partial charge in [-0.2, -0.15) is 0 Å². The second-order valence-electron chi connectivity index (χ2n) is 6.95. The molecule has 1 atom stereocenters. The predicted octanol–water partition coefficient (Wildman–Crippen LogP) is 4.26. The minimum atomic E-state index is -0.0270. The van der Waals surface area contributed by atoms with E-state index in [1.165, 1.54) is 25.7 Å². The van der Waals surface area contributed by atoms with Crippen LogP contribution in [0.5, 0.6) is 17.2 Å². The summed E-state index contributed by atoms with van der Waals surface area (Å²) in [5, 5.41) is -0.0270. The maximum atomic E-state index is 12.9. The van der Waals surface area contributed by atoms with Crippen LogP contribution in [0.25, 0.3) is 0 Å². The van der Waals surface area contributed by atoms with Crippen LogP contribution in [-0.2, 0) is 4.79 Å². The Hall–Kier alpha value is -1.56. The van der Waals surface area contributed by atoms with E-state index in [0.29, 0.717) is 17.9 Å². The topological polar surface area (TPSA) is 48.0 Å². The zero-order valence-corrected chi connectivity index (χ0v) is 16.8. The Morgan fingerprint density at radius 3 is 2.38 bits per heavy atom. The average Bonchev–Trinajstić information content (AvgIpc) is 3.36. The lowest BCUT2D eigenvalue weighted by Crippen LogP contribution is -2.30. The summed E-state index contributed by atoms with van der Waals surface area (Å²) in [5.41, 5.74) is 0.974. The lowest BCUT2D eigenvalue weighted by molar-refractivity contribution is -0.131. The van der Waals surface area contributed by atoms with Crippen LogP contribution in [-0.4, -0.2) is 44.4 Å². The van der Waals surface area contributed by atoms with E-state index in [0.717, 1.165) is 35.9 Å². The van der Waals surface area contributed by atoms with Crippen LogP contribution in [0.2, 0.25) is 0 Å². The van der Waals surface area contributed by atoms with Crippen LogP contribution >= 0.6 is 11.8 Å². The number of ether oxygens (including phenoxy) is 3. The number of hydrogen-bond donors (Lipinski definition) is 0. The molecule has 1 aliphatic carbocycles. The first-order valence-corrected chi connectivity index (χ1v) is 10.4. The molecular formula is C20H29NO4S. The molecule has 2 fully saturated rings. The number of rotatable bonds is 7. The maximum absolute atomic E-state index is 12.9. The molecule has 26 heavy (non-hydrogen) atoms. The van der Waals surface area contributed by atoms with E-state index in [2.05, 4.69) is 0 Å². The highest BCUT2D eigenvalue weighted by molar-refractivity contribution is 7.99. The zero-order valence-electron chi connectivity index (χ0n) is 16.0. The Labute approximate surface area is 160 Å². The molecule has 1 saturated heterocycles. The number of methoxy groups -OCH3 is 3. The van der Waals surface area contributed by atoms with E-state index in [1.807, 2.05) is 17.0 Å². The average molecular weight is 380 g/mol. The maximum Gasteiger partial charge on any atom is 0.223 e. The quantitative estimate of drug-likeness (QED) is 0.708. The SMILES string of the molecule is COc1cc(OC)c(C2SCCN2C(=O)CCC2CCCC2)cc1OC. The van der Waals surface area contributed by atoms with Crippen molar-refractivity contribution in [2.45, 2.75) is 43.9 Å². The Morgan fingerprint density at radius 1 is 1.08 bits per heavy atom. The van der Waals surface area contributed by atoms with E-state index in [4.69, 9.17) is 14.2 Å². The van der Waals surface area contributed by atoms with Gasteiger partial charge in [0.1, 0.15) is 11.1 Å². The highest BCUT2D eigenvalue weighted by Gasteiger charge is 2.33. The van der Waals surface area contributed by atoms with Crippen LogP contribution in [0.15, 0.2) is 12.1 Å². The number of hydrogen-bond acceptors (Lipinski definition) is 5.